The summed E-state index contributed by atoms with van der Waals surface area (Å²) < 4.78 is 5.52. The van der Waals surface area contributed by atoms with Crippen LogP contribution < -0.4 is 0 Å². The molecule has 1 fully saturated rings. The van der Waals surface area contributed by atoms with E-state index in [-0.39, 0.29) is 16.9 Å². The lowest BCUT2D eigenvalue weighted by atomic mass is 9.62. The van der Waals surface area contributed by atoms with Crippen LogP contribution in [0.4, 0.5) is 4.79 Å². The van der Waals surface area contributed by atoms with Crippen molar-refractivity contribution in [3.8, 4) is 0 Å². The Bertz CT molecular complexity index is 454. The molecule has 0 bridgehead atoms. The highest BCUT2D eigenvalue weighted by atomic mass is 16.6. The second-order valence-corrected chi connectivity index (χ2v) is 8.35. The maximum absolute atomic E-state index is 12.3. The van der Waals surface area contributed by atoms with Gasteiger partial charge in [-0.15, -0.1) is 6.58 Å². The van der Waals surface area contributed by atoms with Gasteiger partial charge in [0.05, 0.1) is 0 Å². The van der Waals surface area contributed by atoms with Crippen molar-refractivity contribution < 1.29 is 14.3 Å². The van der Waals surface area contributed by atoms with Gasteiger partial charge in [0.15, 0.2) is 0 Å². The zero-order valence-electron chi connectivity index (χ0n) is 15.7. The van der Waals surface area contributed by atoms with Crippen LogP contribution in [0.15, 0.2) is 12.7 Å². The molecule has 2 atom stereocenters. The molecule has 5 nitrogen and oxygen atoms in total. The lowest BCUT2D eigenvalue weighted by Gasteiger charge is -2.42. The number of isocyanates is 1. The van der Waals surface area contributed by atoms with Gasteiger partial charge in [-0.25, -0.2) is 15.0 Å². The SMILES string of the molecule is C=CC[C@H]1CN(C(=O)OC(C)(C)C)C[C@@]1(C)C(C)(C)C.N=C=O. The highest BCUT2D eigenvalue weighted by molar-refractivity contribution is 5.68. The summed E-state index contributed by atoms with van der Waals surface area (Å²) in [5, 5.41) is 5.40. The summed E-state index contributed by atoms with van der Waals surface area (Å²) in [6.07, 6.45) is 3.46. The third-order valence-corrected chi connectivity index (χ3v) is 4.68. The van der Waals surface area contributed by atoms with E-state index in [9.17, 15) is 4.79 Å². The second-order valence-electron chi connectivity index (χ2n) is 8.35. The standard InChI is InChI=1S/C17H31NO2.CHNO/c1-9-10-13-11-18(14(19)20-16(5,6)7)12-17(13,8)15(2,3)4;2-1-3/h9,13H,1,10-12H2,2-8H3;2H/t13-,17+;/m0./s1. The zero-order valence-corrected chi connectivity index (χ0v) is 15.7. The Morgan fingerprint density at radius 3 is 2.22 bits per heavy atom. The summed E-state index contributed by atoms with van der Waals surface area (Å²) in [6, 6.07) is 0. The largest absolute Gasteiger partial charge is 0.444 e. The molecular formula is C18H32N2O3. The predicted octanol–water partition coefficient (Wildman–Crippen LogP) is 4.38. The minimum Gasteiger partial charge on any atom is -0.444 e. The summed E-state index contributed by atoms with van der Waals surface area (Å²) in [7, 11) is 0. The topological polar surface area (TPSA) is 70.5 Å². The predicted molar refractivity (Wildman–Crippen MR) is 92.1 cm³/mol. The Kier molecular flexibility index (Phi) is 7.24. The van der Waals surface area contributed by atoms with Crippen molar-refractivity contribution in [2.75, 3.05) is 13.1 Å². The summed E-state index contributed by atoms with van der Waals surface area (Å²) in [5.41, 5.74) is -0.221. The summed E-state index contributed by atoms with van der Waals surface area (Å²) >= 11 is 0. The van der Waals surface area contributed by atoms with Crippen LogP contribution in [0.3, 0.4) is 0 Å². The van der Waals surface area contributed by atoms with Crippen molar-refractivity contribution in [3.63, 3.8) is 0 Å². The molecule has 1 N–H and O–H groups in total. The maximum atomic E-state index is 12.3. The van der Waals surface area contributed by atoms with E-state index in [1.165, 1.54) is 0 Å². The number of allylic oxidation sites excluding steroid dienone is 1. The van der Waals surface area contributed by atoms with E-state index in [1.54, 1.807) is 0 Å². The lowest BCUT2D eigenvalue weighted by Crippen LogP contribution is -2.41. The van der Waals surface area contributed by atoms with E-state index in [1.807, 2.05) is 31.7 Å². The maximum Gasteiger partial charge on any atom is 0.410 e. The normalized spacial score (nSPS) is 24.3. The Balaban J connectivity index is 0.00000149. The van der Waals surface area contributed by atoms with Crippen LogP contribution >= 0.6 is 0 Å². The van der Waals surface area contributed by atoms with E-state index in [4.69, 9.17) is 14.9 Å². The van der Waals surface area contributed by atoms with Gasteiger partial charge < -0.3 is 9.64 Å². The molecule has 1 heterocycles. The average molecular weight is 324 g/mol. The Labute approximate surface area is 140 Å². The fourth-order valence-corrected chi connectivity index (χ4v) is 2.91. The summed E-state index contributed by atoms with van der Waals surface area (Å²) in [4.78, 5) is 22.5. The van der Waals surface area contributed by atoms with Gasteiger partial charge in [0.25, 0.3) is 0 Å². The second kappa shape index (κ2) is 7.78. The van der Waals surface area contributed by atoms with Gasteiger partial charge >= 0.3 is 6.09 Å². The van der Waals surface area contributed by atoms with Gasteiger partial charge in [-0.2, -0.15) is 0 Å². The molecule has 0 saturated carbocycles. The van der Waals surface area contributed by atoms with Gasteiger partial charge in [0.1, 0.15) is 5.60 Å². The number of hydrogen-bond acceptors (Lipinski definition) is 4. The minimum absolute atomic E-state index is 0.0814. The summed E-state index contributed by atoms with van der Waals surface area (Å²) in [6.45, 7) is 20.1. The van der Waals surface area contributed by atoms with Crippen LogP contribution in [0.5, 0.6) is 0 Å². The van der Waals surface area contributed by atoms with Crippen molar-refractivity contribution >= 4 is 12.2 Å². The zero-order chi connectivity index (χ0) is 18.5. The van der Waals surface area contributed by atoms with Crippen LogP contribution in [-0.4, -0.2) is 35.8 Å². The Hall–Kier alpha value is -1.61. The quantitative estimate of drug-likeness (QED) is 0.465. The number of nitrogens with zero attached hydrogens (tertiary/aromatic N) is 1. The first kappa shape index (κ1) is 21.4. The molecule has 1 amide bonds. The van der Waals surface area contributed by atoms with Crippen LogP contribution in [0.1, 0.15) is 54.9 Å². The molecule has 132 valence electrons. The molecule has 0 aliphatic carbocycles. The Morgan fingerprint density at radius 2 is 1.87 bits per heavy atom. The number of carbonyl (C=O) groups excluding carboxylic acids is 2. The minimum atomic E-state index is -0.439. The third-order valence-electron chi connectivity index (χ3n) is 4.68. The fourth-order valence-electron chi connectivity index (χ4n) is 2.91. The van der Waals surface area contributed by atoms with Crippen molar-refractivity contribution in [1.29, 1.82) is 5.41 Å². The van der Waals surface area contributed by atoms with Crippen molar-refractivity contribution in [1.82, 2.24) is 4.90 Å². The molecule has 1 aliphatic rings. The molecule has 0 unspecified atom stereocenters. The van der Waals surface area contributed by atoms with Gasteiger partial charge in [-0.1, -0.05) is 33.8 Å². The fraction of sp³-hybridized carbons (Fsp3) is 0.778. The number of ether oxygens (including phenoxy) is 1. The molecule has 0 spiro atoms. The van der Waals surface area contributed by atoms with E-state index in [0.717, 1.165) is 25.6 Å². The molecule has 1 saturated heterocycles. The van der Waals surface area contributed by atoms with Crippen LogP contribution in [0.2, 0.25) is 0 Å². The Morgan fingerprint density at radius 1 is 1.39 bits per heavy atom. The highest BCUT2D eigenvalue weighted by Crippen LogP contribution is 2.50. The van der Waals surface area contributed by atoms with Gasteiger partial charge in [0.2, 0.25) is 6.08 Å². The first-order valence-electron chi connectivity index (χ1n) is 7.95. The molecule has 1 aliphatic heterocycles. The highest BCUT2D eigenvalue weighted by Gasteiger charge is 2.51. The molecule has 0 aromatic rings. The van der Waals surface area contributed by atoms with E-state index in [0.29, 0.717) is 5.92 Å². The van der Waals surface area contributed by atoms with Crippen LogP contribution in [-0.2, 0) is 9.53 Å². The van der Waals surface area contributed by atoms with E-state index < -0.39 is 5.60 Å². The van der Waals surface area contributed by atoms with Crippen molar-refractivity contribution in [2.45, 2.75) is 60.5 Å². The average Bonchev–Trinajstić information content (AvgIpc) is 2.67. The lowest BCUT2D eigenvalue weighted by molar-refractivity contribution is 0.0230. The number of nitrogens with one attached hydrogen (secondary N) is 1. The van der Waals surface area contributed by atoms with Crippen molar-refractivity contribution in [2.24, 2.45) is 16.7 Å². The van der Waals surface area contributed by atoms with Crippen molar-refractivity contribution in [3.05, 3.63) is 12.7 Å². The number of rotatable bonds is 2. The number of hydrogen-bond donors (Lipinski definition) is 1. The molecule has 1 rings (SSSR count). The smallest absolute Gasteiger partial charge is 0.410 e. The van der Waals surface area contributed by atoms with Crippen LogP contribution in [0.25, 0.3) is 0 Å². The van der Waals surface area contributed by atoms with Gasteiger partial charge in [0, 0.05) is 13.1 Å². The monoisotopic (exact) mass is 324 g/mol. The molecule has 5 heteroatoms. The molecule has 0 aromatic carbocycles. The first-order valence-corrected chi connectivity index (χ1v) is 7.95. The molecule has 0 radical (unpaired) electrons. The van der Waals surface area contributed by atoms with Gasteiger partial charge in [-0.3, -0.25) is 0 Å². The van der Waals surface area contributed by atoms with Crippen LogP contribution in [0, 0.1) is 22.2 Å². The third kappa shape index (κ3) is 5.83. The molecular weight excluding hydrogens is 292 g/mol. The van der Waals surface area contributed by atoms with E-state index in [2.05, 4.69) is 34.3 Å². The summed E-state index contributed by atoms with van der Waals surface area (Å²) in [5.74, 6) is 0.438. The number of carbonyl (C=O) groups is 1. The first-order chi connectivity index (χ1) is 10.3. The van der Waals surface area contributed by atoms with Gasteiger partial charge in [-0.05, 0) is 43.9 Å². The number of amides is 1. The number of likely N-dealkylation sites (tertiary alicyclic amines) is 1. The molecule has 0 aromatic heterocycles. The molecule has 23 heavy (non-hydrogen) atoms. The van der Waals surface area contributed by atoms with E-state index >= 15 is 0 Å².